The molecule has 0 unspecified atom stereocenters. The first kappa shape index (κ1) is 18.5. The number of likely N-dealkylation sites (N-methyl/N-ethyl adjacent to an activating group) is 1. The number of carbonyl (C=O) groups excluding carboxylic acids is 2. The number of carbonyl (C=O) groups is 2. The standard InChI is InChI=1S/C16H19FN4O6/c1-20-13(19-25-3)8-26-12-5-9(4-11(17)14(12)20)21-7-10(27-16(21)23)6-18-15(22)24-2/h4-5,10H,6-8H2,1-3H3,(H,18,22)/b19-13+/t10-/m0/s1. The number of hydrogen-bond donors (Lipinski definition) is 1. The summed E-state index contributed by atoms with van der Waals surface area (Å²) in [5.41, 5.74) is 0.481. The number of cyclic esters (lactones) is 1. The molecule has 146 valence electrons. The summed E-state index contributed by atoms with van der Waals surface area (Å²) in [6, 6.07) is 2.77. The molecule has 0 aromatic heterocycles. The normalized spacial score (nSPS) is 20.1. The second-order valence-electron chi connectivity index (χ2n) is 5.80. The van der Waals surface area contributed by atoms with Crippen molar-refractivity contribution in [3.63, 3.8) is 0 Å². The molecular formula is C16H19FN4O6. The quantitative estimate of drug-likeness (QED) is 0.783. The van der Waals surface area contributed by atoms with Crippen LogP contribution in [-0.4, -0.2) is 65.1 Å². The highest BCUT2D eigenvalue weighted by Crippen LogP contribution is 2.38. The zero-order valence-electron chi connectivity index (χ0n) is 15.0. The molecule has 11 heteroatoms. The minimum atomic E-state index is -0.642. The number of benzene rings is 1. The van der Waals surface area contributed by atoms with Crippen molar-refractivity contribution in [1.82, 2.24) is 5.32 Å². The molecule has 1 aromatic carbocycles. The van der Waals surface area contributed by atoms with Crippen molar-refractivity contribution >= 4 is 29.4 Å². The van der Waals surface area contributed by atoms with Gasteiger partial charge in [-0.3, -0.25) is 4.90 Å². The fraction of sp³-hybridized carbons (Fsp3) is 0.438. The number of methoxy groups -OCH3 is 1. The first-order valence-electron chi connectivity index (χ1n) is 8.04. The number of nitrogens with zero attached hydrogens (tertiary/aromatic N) is 3. The van der Waals surface area contributed by atoms with Gasteiger partial charge in [0.1, 0.15) is 31.3 Å². The van der Waals surface area contributed by atoms with Crippen molar-refractivity contribution in [2.75, 3.05) is 50.8 Å². The predicted octanol–water partition coefficient (Wildman–Crippen LogP) is 1.30. The first-order chi connectivity index (χ1) is 12.9. The molecule has 0 saturated carbocycles. The molecule has 3 rings (SSSR count). The van der Waals surface area contributed by atoms with E-state index in [2.05, 4.69) is 15.2 Å². The van der Waals surface area contributed by atoms with Crippen molar-refractivity contribution in [1.29, 1.82) is 0 Å². The average molecular weight is 382 g/mol. The predicted molar refractivity (Wildman–Crippen MR) is 92.8 cm³/mol. The van der Waals surface area contributed by atoms with Gasteiger partial charge in [0.2, 0.25) is 0 Å². The van der Waals surface area contributed by atoms with Crippen LogP contribution in [0.4, 0.5) is 25.4 Å². The Kier molecular flexibility index (Phi) is 5.19. The number of rotatable bonds is 4. The van der Waals surface area contributed by atoms with Crippen molar-refractivity contribution in [2.24, 2.45) is 5.16 Å². The van der Waals surface area contributed by atoms with Gasteiger partial charge in [0.25, 0.3) is 0 Å². The van der Waals surface area contributed by atoms with Gasteiger partial charge in [-0.15, -0.1) is 0 Å². The third-order valence-corrected chi connectivity index (χ3v) is 4.13. The lowest BCUT2D eigenvalue weighted by Crippen LogP contribution is -2.37. The zero-order chi connectivity index (χ0) is 19.6. The zero-order valence-corrected chi connectivity index (χ0v) is 15.0. The SMILES string of the molecule is CO/N=C1\COc2cc(N3C[C@H](CNC(=O)OC)OC3=O)cc(F)c2N1C. The molecule has 27 heavy (non-hydrogen) atoms. The lowest BCUT2D eigenvalue weighted by atomic mass is 10.2. The van der Waals surface area contributed by atoms with E-state index in [4.69, 9.17) is 14.3 Å². The van der Waals surface area contributed by atoms with Crippen molar-refractivity contribution in [2.45, 2.75) is 6.10 Å². The van der Waals surface area contributed by atoms with Crippen LogP contribution in [0, 0.1) is 5.82 Å². The smallest absolute Gasteiger partial charge is 0.414 e. The third kappa shape index (κ3) is 3.66. The molecule has 2 aliphatic heterocycles. The molecule has 1 fully saturated rings. The number of ether oxygens (including phenoxy) is 3. The van der Waals surface area contributed by atoms with Crippen LogP contribution in [0.3, 0.4) is 0 Å². The monoisotopic (exact) mass is 382 g/mol. The van der Waals surface area contributed by atoms with Gasteiger partial charge in [-0.1, -0.05) is 5.16 Å². The number of amides is 2. The van der Waals surface area contributed by atoms with Gasteiger partial charge in [0, 0.05) is 19.2 Å². The van der Waals surface area contributed by atoms with Gasteiger partial charge in [-0.2, -0.15) is 0 Å². The molecule has 0 bridgehead atoms. The van der Waals surface area contributed by atoms with Crippen LogP contribution in [0.5, 0.6) is 5.75 Å². The van der Waals surface area contributed by atoms with Crippen LogP contribution in [0.25, 0.3) is 0 Å². The summed E-state index contributed by atoms with van der Waals surface area (Å²) in [4.78, 5) is 30.8. The molecule has 2 aliphatic rings. The lowest BCUT2D eigenvalue weighted by molar-refractivity contribution is 0.132. The molecule has 1 aromatic rings. The summed E-state index contributed by atoms with van der Waals surface area (Å²) >= 11 is 0. The maximum atomic E-state index is 14.7. The van der Waals surface area contributed by atoms with Gasteiger partial charge in [-0.25, -0.2) is 14.0 Å². The van der Waals surface area contributed by atoms with Crippen molar-refractivity contribution in [3.8, 4) is 5.75 Å². The van der Waals surface area contributed by atoms with Gasteiger partial charge in [-0.05, 0) is 0 Å². The number of hydrogen-bond acceptors (Lipinski definition) is 7. The molecule has 10 nitrogen and oxygen atoms in total. The second kappa shape index (κ2) is 7.56. The molecule has 1 N–H and O–H groups in total. The summed E-state index contributed by atoms with van der Waals surface area (Å²) < 4.78 is 29.9. The minimum Gasteiger partial charge on any atom is -0.483 e. The number of oxime groups is 1. The number of alkyl carbamates (subject to hydrolysis) is 1. The van der Waals surface area contributed by atoms with Crippen LogP contribution >= 0.6 is 0 Å². The summed E-state index contributed by atoms with van der Waals surface area (Å²) in [5, 5.41) is 6.25. The summed E-state index contributed by atoms with van der Waals surface area (Å²) in [7, 11) is 4.26. The fourth-order valence-corrected chi connectivity index (χ4v) is 2.82. The Morgan fingerprint density at radius 3 is 2.93 bits per heavy atom. The molecule has 0 aliphatic carbocycles. The maximum Gasteiger partial charge on any atom is 0.414 e. The number of amidine groups is 1. The number of fused-ring (bicyclic) bond motifs is 1. The van der Waals surface area contributed by atoms with E-state index in [0.29, 0.717) is 5.84 Å². The molecule has 0 radical (unpaired) electrons. The Hall–Kier alpha value is -3.24. The summed E-state index contributed by atoms with van der Waals surface area (Å²) in [6.07, 6.45) is -1.86. The van der Waals surface area contributed by atoms with Crippen molar-refractivity contribution < 1.29 is 33.0 Å². The molecule has 1 saturated heterocycles. The molecule has 2 heterocycles. The fourth-order valence-electron chi connectivity index (χ4n) is 2.82. The summed E-state index contributed by atoms with van der Waals surface area (Å²) in [6.45, 7) is 0.321. The second-order valence-corrected chi connectivity index (χ2v) is 5.80. The van der Waals surface area contributed by atoms with Crippen LogP contribution in [0.2, 0.25) is 0 Å². The van der Waals surface area contributed by atoms with Crippen LogP contribution < -0.4 is 19.9 Å². The van der Waals surface area contributed by atoms with E-state index in [1.54, 1.807) is 13.1 Å². The van der Waals surface area contributed by atoms with E-state index in [1.807, 2.05) is 0 Å². The van der Waals surface area contributed by atoms with E-state index >= 15 is 0 Å². The highest BCUT2D eigenvalue weighted by atomic mass is 19.1. The first-order valence-corrected chi connectivity index (χ1v) is 8.04. The van der Waals surface area contributed by atoms with E-state index in [1.165, 1.54) is 30.1 Å². The maximum absolute atomic E-state index is 14.7. The number of nitrogens with one attached hydrogen (secondary N) is 1. The lowest BCUT2D eigenvalue weighted by Gasteiger charge is -2.29. The topological polar surface area (TPSA) is 102 Å². The van der Waals surface area contributed by atoms with Crippen LogP contribution in [-0.2, 0) is 14.3 Å². The third-order valence-electron chi connectivity index (χ3n) is 4.13. The van der Waals surface area contributed by atoms with E-state index in [9.17, 15) is 14.0 Å². The van der Waals surface area contributed by atoms with Gasteiger partial charge >= 0.3 is 12.2 Å². The number of halogens is 1. The molecular weight excluding hydrogens is 363 g/mol. The molecule has 1 atom stereocenters. The average Bonchev–Trinajstić information content (AvgIpc) is 3.02. The van der Waals surface area contributed by atoms with E-state index in [0.717, 1.165) is 0 Å². The van der Waals surface area contributed by atoms with Gasteiger partial charge in [0.05, 0.1) is 25.9 Å². The Morgan fingerprint density at radius 2 is 2.22 bits per heavy atom. The van der Waals surface area contributed by atoms with Crippen LogP contribution in [0.15, 0.2) is 17.3 Å². The Bertz CT molecular complexity index is 786. The Morgan fingerprint density at radius 1 is 1.44 bits per heavy atom. The Balaban J connectivity index is 1.79. The van der Waals surface area contributed by atoms with Gasteiger partial charge < -0.3 is 29.3 Å². The highest BCUT2D eigenvalue weighted by Gasteiger charge is 2.35. The largest absolute Gasteiger partial charge is 0.483 e. The molecule has 2 amide bonds. The minimum absolute atomic E-state index is 0.0818. The molecule has 0 spiro atoms. The van der Waals surface area contributed by atoms with Crippen molar-refractivity contribution in [3.05, 3.63) is 17.9 Å². The van der Waals surface area contributed by atoms with E-state index < -0.39 is 24.1 Å². The van der Waals surface area contributed by atoms with Gasteiger partial charge in [0.15, 0.2) is 11.7 Å². The van der Waals surface area contributed by atoms with E-state index in [-0.39, 0.29) is 36.8 Å². The summed E-state index contributed by atoms with van der Waals surface area (Å²) in [5.74, 6) is 0.0927. The van der Waals surface area contributed by atoms with Crippen LogP contribution in [0.1, 0.15) is 0 Å². The highest BCUT2D eigenvalue weighted by molar-refractivity contribution is 6.02. The number of anilines is 2. The Labute approximate surface area is 154 Å².